The molecule has 0 bridgehead atoms. The van der Waals surface area contributed by atoms with E-state index in [0.29, 0.717) is 4.91 Å². The van der Waals surface area contributed by atoms with Gasteiger partial charge in [0.05, 0.1) is 4.91 Å². The normalized spacial score (nSPS) is 18.6. The first-order valence-corrected chi connectivity index (χ1v) is 11.0. The van der Waals surface area contributed by atoms with Crippen molar-refractivity contribution in [3.63, 3.8) is 0 Å². The van der Waals surface area contributed by atoms with Gasteiger partial charge in [0.1, 0.15) is 0 Å². The quantitative estimate of drug-likeness (QED) is 0.570. The number of hydrogen-bond acceptors (Lipinski definition) is 3. The summed E-state index contributed by atoms with van der Waals surface area (Å²) in [7, 11) is 0. The number of rotatable bonds is 3. The molecule has 1 amide bonds. The van der Waals surface area contributed by atoms with Crippen LogP contribution < -0.4 is 0 Å². The van der Waals surface area contributed by atoms with Gasteiger partial charge in [0.2, 0.25) is 0 Å². The maximum atomic E-state index is 12.6. The van der Waals surface area contributed by atoms with E-state index >= 15 is 0 Å². The highest BCUT2D eigenvalue weighted by Gasteiger charge is 2.27. The first kappa shape index (κ1) is 18.3. The summed E-state index contributed by atoms with van der Waals surface area (Å²) in [4.78, 5) is 19.9. The molecule has 1 fully saturated rings. The summed E-state index contributed by atoms with van der Waals surface area (Å²) in [6, 6.07) is 18.8. The standard InChI is InChI=1S/C24H23N3OS/c28-23-22(29-24(25-23)26-13-7-2-8-14-26)15-19-17-27(16-18-9-3-1-4-10-18)21-12-6-5-11-20(19)21/h1,3-6,9-12,15,17H,2,7-8,13-14,16H2/b22-15-. The van der Waals surface area contributed by atoms with Crippen LogP contribution in [0.4, 0.5) is 0 Å². The van der Waals surface area contributed by atoms with Gasteiger partial charge in [-0.2, -0.15) is 4.99 Å². The van der Waals surface area contributed by atoms with Gasteiger partial charge >= 0.3 is 0 Å². The second-order valence-corrected chi connectivity index (χ2v) is 8.58. The lowest BCUT2D eigenvalue weighted by atomic mass is 10.1. The molecule has 0 aliphatic carbocycles. The second kappa shape index (κ2) is 7.91. The van der Waals surface area contributed by atoms with E-state index in [2.05, 4.69) is 69.2 Å². The minimum atomic E-state index is -0.115. The van der Waals surface area contributed by atoms with E-state index in [1.54, 1.807) is 0 Å². The van der Waals surface area contributed by atoms with Crippen LogP contribution in [0.2, 0.25) is 0 Å². The lowest BCUT2D eigenvalue weighted by Gasteiger charge is -2.27. The molecular weight excluding hydrogens is 378 g/mol. The number of para-hydroxylation sites is 1. The number of fused-ring (bicyclic) bond motifs is 1. The Labute approximate surface area is 174 Å². The molecule has 3 aromatic rings. The number of carbonyl (C=O) groups excluding carboxylic acids is 1. The zero-order valence-electron chi connectivity index (χ0n) is 16.3. The monoisotopic (exact) mass is 401 g/mol. The van der Waals surface area contributed by atoms with E-state index in [1.165, 1.54) is 42.1 Å². The third-order valence-electron chi connectivity index (χ3n) is 5.54. The Morgan fingerprint density at radius 2 is 1.72 bits per heavy atom. The molecule has 146 valence electrons. The van der Waals surface area contributed by atoms with Crippen molar-refractivity contribution in [2.75, 3.05) is 13.1 Å². The Balaban J connectivity index is 1.45. The molecule has 3 heterocycles. The highest BCUT2D eigenvalue weighted by atomic mass is 32.2. The van der Waals surface area contributed by atoms with Crippen LogP contribution in [0.1, 0.15) is 30.4 Å². The van der Waals surface area contributed by atoms with Crippen LogP contribution in [-0.4, -0.2) is 33.6 Å². The third kappa shape index (κ3) is 3.75. The minimum Gasteiger partial charge on any atom is -0.351 e. The number of aliphatic imine (C=N–C) groups is 1. The molecule has 5 rings (SSSR count). The van der Waals surface area contributed by atoms with Crippen LogP contribution in [0.3, 0.4) is 0 Å². The number of aromatic nitrogens is 1. The number of carbonyl (C=O) groups is 1. The molecule has 0 radical (unpaired) electrons. The van der Waals surface area contributed by atoms with Gasteiger partial charge in [-0.3, -0.25) is 4.79 Å². The molecule has 2 aromatic carbocycles. The maximum absolute atomic E-state index is 12.6. The van der Waals surface area contributed by atoms with Gasteiger partial charge in [0.15, 0.2) is 5.17 Å². The summed E-state index contributed by atoms with van der Waals surface area (Å²) in [6.07, 6.45) is 7.79. The van der Waals surface area contributed by atoms with E-state index < -0.39 is 0 Å². The molecule has 0 saturated carbocycles. The molecule has 0 N–H and O–H groups in total. The fourth-order valence-corrected chi connectivity index (χ4v) is 5.02. The van der Waals surface area contributed by atoms with E-state index in [0.717, 1.165) is 35.8 Å². The van der Waals surface area contributed by atoms with E-state index in [9.17, 15) is 4.79 Å². The lowest BCUT2D eigenvalue weighted by Crippen LogP contribution is -2.33. The number of amidine groups is 1. The largest absolute Gasteiger partial charge is 0.351 e. The maximum Gasteiger partial charge on any atom is 0.286 e. The number of piperidine rings is 1. The van der Waals surface area contributed by atoms with E-state index in [1.807, 2.05) is 12.1 Å². The summed E-state index contributed by atoms with van der Waals surface area (Å²) < 4.78 is 2.26. The first-order chi connectivity index (χ1) is 14.3. The molecule has 0 atom stereocenters. The van der Waals surface area contributed by atoms with Crippen LogP contribution in [-0.2, 0) is 11.3 Å². The molecule has 2 aliphatic heterocycles. The average Bonchev–Trinajstić information content (AvgIpc) is 3.31. The molecule has 5 heteroatoms. The van der Waals surface area contributed by atoms with Gasteiger partial charge in [-0.15, -0.1) is 0 Å². The van der Waals surface area contributed by atoms with Crippen molar-refractivity contribution in [1.29, 1.82) is 0 Å². The Morgan fingerprint density at radius 1 is 0.966 bits per heavy atom. The zero-order valence-corrected chi connectivity index (χ0v) is 17.1. The summed E-state index contributed by atoms with van der Waals surface area (Å²) in [5.41, 5.74) is 3.51. The molecular formula is C24H23N3OS. The van der Waals surface area contributed by atoms with Gasteiger partial charge in [-0.1, -0.05) is 48.5 Å². The molecule has 29 heavy (non-hydrogen) atoms. The second-order valence-electron chi connectivity index (χ2n) is 7.57. The number of thioether (sulfide) groups is 1. The summed E-state index contributed by atoms with van der Waals surface area (Å²) in [6.45, 7) is 2.81. The zero-order chi connectivity index (χ0) is 19.6. The number of hydrogen-bond donors (Lipinski definition) is 0. The Morgan fingerprint density at radius 3 is 2.55 bits per heavy atom. The molecule has 2 aliphatic rings. The number of likely N-dealkylation sites (tertiary alicyclic amines) is 1. The molecule has 0 spiro atoms. The average molecular weight is 402 g/mol. The van der Waals surface area contributed by atoms with Crippen LogP contribution >= 0.6 is 11.8 Å². The summed E-state index contributed by atoms with van der Waals surface area (Å²) in [5, 5.41) is 2.03. The lowest BCUT2D eigenvalue weighted by molar-refractivity contribution is -0.113. The molecule has 4 nitrogen and oxygen atoms in total. The SMILES string of the molecule is O=C1N=C(N2CCCCC2)S/C1=C\c1cn(Cc2ccccc2)c2ccccc12. The topological polar surface area (TPSA) is 37.6 Å². The number of nitrogens with zero attached hydrogens (tertiary/aromatic N) is 3. The van der Waals surface area contributed by atoms with E-state index in [4.69, 9.17) is 0 Å². The van der Waals surface area contributed by atoms with Crippen molar-refractivity contribution in [3.8, 4) is 0 Å². The molecule has 1 saturated heterocycles. The Kier molecular flexibility index (Phi) is 4.98. The third-order valence-corrected chi connectivity index (χ3v) is 6.58. The minimum absolute atomic E-state index is 0.115. The van der Waals surface area contributed by atoms with Crippen molar-refractivity contribution in [2.24, 2.45) is 4.99 Å². The van der Waals surface area contributed by atoms with Crippen molar-refractivity contribution < 1.29 is 4.79 Å². The van der Waals surface area contributed by atoms with Crippen molar-refractivity contribution >= 4 is 39.8 Å². The molecule has 0 unspecified atom stereocenters. The smallest absolute Gasteiger partial charge is 0.286 e. The number of amides is 1. The Hall–Kier alpha value is -2.79. The van der Waals surface area contributed by atoms with Crippen LogP contribution in [0.25, 0.3) is 17.0 Å². The highest BCUT2D eigenvalue weighted by Crippen LogP contribution is 2.33. The predicted molar refractivity (Wildman–Crippen MR) is 121 cm³/mol. The fourth-order valence-electron chi connectivity index (χ4n) is 4.06. The Bertz CT molecular complexity index is 1110. The predicted octanol–water partition coefficient (Wildman–Crippen LogP) is 5.15. The van der Waals surface area contributed by atoms with Gasteiger partial charge < -0.3 is 9.47 Å². The van der Waals surface area contributed by atoms with Crippen LogP contribution in [0.5, 0.6) is 0 Å². The van der Waals surface area contributed by atoms with Crippen molar-refractivity contribution in [1.82, 2.24) is 9.47 Å². The summed E-state index contributed by atoms with van der Waals surface area (Å²) >= 11 is 1.52. The van der Waals surface area contributed by atoms with Crippen LogP contribution in [0, 0.1) is 0 Å². The van der Waals surface area contributed by atoms with Gasteiger partial charge in [0.25, 0.3) is 5.91 Å². The highest BCUT2D eigenvalue weighted by molar-refractivity contribution is 8.18. The van der Waals surface area contributed by atoms with Gasteiger partial charge in [0, 0.05) is 42.3 Å². The first-order valence-electron chi connectivity index (χ1n) is 10.2. The fraction of sp³-hybridized carbons (Fsp3) is 0.250. The molecule has 1 aromatic heterocycles. The van der Waals surface area contributed by atoms with Crippen molar-refractivity contribution in [2.45, 2.75) is 25.8 Å². The summed E-state index contributed by atoms with van der Waals surface area (Å²) in [5.74, 6) is -0.115. The number of benzene rings is 2. The van der Waals surface area contributed by atoms with Crippen LogP contribution in [0.15, 0.2) is 70.7 Å². The van der Waals surface area contributed by atoms with E-state index in [-0.39, 0.29) is 5.91 Å². The van der Waals surface area contributed by atoms with Gasteiger partial charge in [-0.25, -0.2) is 0 Å². The van der Waals surface area contributed by atoms with Crippen molar-refractivity contribution in [3.05, 3.63) is 76.8 Å². The van der Waals surface area contributed by atoms with Gasteiger partial charge in [-0.05, 0) is 48.7 Å².